The maximum atomic E-state index is 11.8. The predicted molar refractivity (Wildman–Crippen MR) is 90.3 cm³/mol. The zero-order valence-corrected chi connectivity index (χ0v) is 14.2. The third-order valence-corrected chi connectivity index (χ3v) is 4.21. The van der Waals surface area contributed by atoms with Crippen LogP contribution in [0.15, 0.2) is 47.2 Å². The van der Waals surface area contributed by atoms with E-state index in [1.165, 1.54) is 0 Å². The van der Waals surface area contributed by atoms with Crippen molar-refractivity contribution in [1.82, 2.24) is 10.2 Å². The molecule has 0 bridgehead atoms. The van der Waals surface area contributed by atoms with E-state index < -0.39 is 5.97 Å². The Bertz CT molecular complexity index is 712. The van der Waals surface area contributed by atoms with Crippen LogP contribution < -0.4 is 5.32 Å². The van der Waals surface area contributed by atoms with E-state index in [9.17, 15) is 4.79 Å². The number of rotatable bonds is 3. The molecule has 0 spiro atoms. The highest BCUT2D eigenvalue weighted by Crippen LogP contribution is 2.32. The van der Waals surface area contributed by atoms with E-state index in [4.69, 9.17) is 16.3 Å². The first kappa shape index (κ1) is 15.2. The van der Waals surface area contributed by atoms with E-state index in [1.54, 1.807) is 19.1 Å². The highest BCUT2D eigenvalue weighted by atomic mass is 79.9. The van der Waals surface area contributed by atoms with Crippen molar-refractivity contribution in [1.29, 1.82) is 0 Å². The molecule has 1 unspecified atom stereocenters. The second kappa shape index (κ2) is 6.18. The molecule has 0 saturated heterocycles. The molecule has 2 aliphatic rings. The van der Waals surface area contributed by atoms with Crippen LogP contribution in [-0.2, 0) is 4.74 Å². The number of carbonyl (C=O) groups excluding carboxylic acids is 1. The van der Waals surface area contributed by atoms with Crippen LogP contribution >= 0.6 is 27.5 Å². The second-order valence-corrected chi connectivity index (χ2v) is 6.16. The van der Waals surface area contributed by atoms with Gasteiger partial charge in [-0.15, -0.1) is 0 Å². The number of esters is 1. The predicted octanol–water partition coefficient (Wildman–Crippen LogP) is 3.85. The summed E-state index contributed by atoms with van der Waals surface area (Å²) in [5.41, 5.74) is 2.30. The van der Waals surface area contributed by atoms with Gasteiger partial charge in [0.05, 0.1) is 22.9 Å². The molecule has 0 radical (unpaired) electrons. The molecule has 1 aromatic rings. The summed E-state index contributed by atoms with van der Waals surface area (Å²) in [6, 6.07) is 5.35. The van der Waals surface area contributed by atoms with Gasteiger partial charge in [0.15, 0.2) is 0 Å². The Labute approximate surface area is 142 Å². The van der Waals surface area contributed by atoms with Gasteiger partial charge >= 0.3 is 5.97 Å². The lowest BCUT2D eigenvalue weighted by molar-refractivity contribution is 0.0526. The first-order valence-corrected chi connectivity index (χ1v) is 8.04. The highest BCUT2D eigenvalue weighted by molar-refractivity contribution is 9.11. The molecule has 22 heavy (non-hydrogen) atoms. The van der Waals surface area contributed by atoms with Crippen molar-refractivity contribution in [2.24, 2.45) is 0 Å². The normalized spacial score (nSPS) is 19.2. The number of nitrogens with one attached hydrogen (secondary N) is 1. The van der Waals surface area contributed by atoms with Crippen molar-refractivity contribution < 1.29 is 9.53 Å². The minimum Gasteiger partial charge on any atom is -0.462 e. The number of ether oxygens (including phenoxy) is 1. The molecule has 3 rings (SSSR count). The summed E-state index contributed by atoms with van der Waals surface area (Å²) >= 11 is 9.71. The number of allylic oxidation sites excluding steroid dienone is 2. The quantitative estimate of drug-likeness (QED) is 0.808. The van der Waals surface area contributed by atoms with E-state index >= 15 is 0 Å². The van der Waals surface area contributed by atoms with Gasteiger partial charge < -0.3 is 15.0 Å². The molecule has 1 aromatic carbocycles. The Balaban J connectivity index is 1.89. The Morgan fingerprint density at radius 2 is 2.32 bits per heavy atom. The summed E-state index contributed by atoms with van der Waals surface area (Å²) in [4.78, 5) is 13.9. The minimum atomic E-state index is -0.404. The molecule has 0 fully saturated rings. The van der Waals surface area contributed by atoms with E-state index in [-0.39, 0.29) is 6.17 Å². The van der Waals surface area contributed by atoms with Crippen molar-refractivity contribution >= 4 is 39.2 Å². The average Bonchev–Trinajstić information content (AvgIpc) is 2.90. The third-order valence-electron chi connectivity index (χ3n) is 3.43. The second-order valence-electron chi connectivity index (χ2n) is 4.84. The number of hydrogen-bond donors (Lipinski definition) is 1. The summed E-state index contributed by atoms with van der Waals surface area (Å²) in [7, 11) is 0. The average molecular weight is 382 g/mol. The van der Waals surface area contributed by atoms with Gasteiger partial charge in [0.1, 0.15) is 6.17 Å². The van der Waals surface area contributed by atoms with Crippen molar-refractivity contribution in [2.75, 3.05) is 6.61 Å². The molecule has 0 amide bonds. The fraction of sp³-hybridized carbons (Fsp3) is 0.188. The molecule has 114 valence electrons. The zero-order valence-electron chi connectivity index (χ0n) is 11.8. The fourth-order valence-corrected chi connectivity index (χ4v) is 3.04. The number of carbonyl (C=O) groups is 1. The standard InChI is InChI=1S/C16H14BrClN2O2/c1-2-22-16(21)12-5-3-10(7-13(12)18)14-8-19-15-6-4-11(17)9-20(14)15/h3-9,15,19H,2H2,1H3. The SMILES string of the molecule is CCOC(=O)c1ccc(C2=CNC3C=CC(Br)=CN23)cc1Cl. The van der Waals surface area contributed by atoms with E-state index in [0.29, 0.717) is 17.2 Å². The van der Waals surface area contributed by atoms with Crippen LogP contribution in [0.5, 0.6) is 0 Å². The van der Waals surface area contributed by atoms with Crippen LogP contribution in [0.1, 0.15) is 22.8 Å². The summed E-state index contributed by atoms with van der Waals surface area (Å²) in [6.07, 6.45) is 8.10. The first-order chi connectivity index (χ1) is 10.6. The molecule has 0 aromatic heterocycles. The van der Waals surface area contributed by atoms with Crippen LogP contribution in [0.2, 0.25) is 5.02 Å². The molecular weight excluding hydrogens is 368 g/mol. The van der Waals surface area contributed by atoms with E-state index in [2.05, 4.69) is 32.2 Å². The third kappa shape index (κ3) is 2.78. The van der Waals surface area contributed by atoms with Crippen LogP contribution in [0.3, 0.4) is 0 Å². The molecule has 1 atom stereocenters. The fourth-order valence-electron chi connectivity index (χ4n) is 2.41. The molecule has 4 nitrogen and oxygen atoms in total. The lowest BCUT2D eigenvalue weighted by atomic mass is 10.1. The number of nitrogens with zero attached hydrogens (tertiary/aromatic N) is 1. The van der Waals surface area contributed by atoms with Gasteiger partial charge in [-0.2, -0.15) is 0 Å². The van der Waals surface area contributed by atoms with Crippen LogP contribution in [0.25, 0.3) is 5.70 Å². The van der Waals surface area contributed by atoms with Gasteiger partial charge in [0.25, 0.3) is 0 Å². The van der Waals surface area contributed by atoms with Gasteiger partial charge in [0, 0.05) is 22.4 Å². The maximum absolute atomic E-state index is 11.8. The minimum absolute atomic E-state index is 0.0970. The van der Waals surface area contributed by atoms with Gasteiger partial charge in [-0.25, -0.2) is 4.79 Å². The largest absolute Gasteiger partial charge is 0.462 e. The Morgan fingerprint density at radius 1 is 1.50 bits per heavy atom. The summed E-state index contributed by atoms with van der Waals surface area (Å²) in [6.45, 7) is 2.09. The Morgan fingerprint density at radius 3 is 3.05 bits per heavy atom. The van der Waals surface area contributed by atoms with E-state index in [1.807, 2.05) is 24.5 Å². The molecule has 0 aliphatic carbocycles. The van der Waals surface area contributed by atoms with Crippen molar-refractivity contribution in [3.8, 4) is 0 Å². The van der Waals surface area contributed by atoms with Gasteiger partial charge in [-0.3, -0.25) is 0 Å². The Kier molecular flexibility index (Phi) is 4.27. The number of hydrogen-bond acceptors (Lipinski definition) is 4. The summed E-state index contributed by atoms with van der Waals surface area (Å²) in [5, 5.41) is 3.67. The number of halogens is 2. The topological polar surface area (TPSA) is 41.6 Å². The molecular formula is C16H14BrClN2O2. The number of benzene rings is 1. The highest BCUT2D eigenvalue weighted by Gasteiger charge is 2.26. The van der Waals surface area contributed by atoms with Crippen LogP contribution in [0.4, 0.5) is 0 Å². The van der Waals surface area contributed by atoms with Gasteiger partial charge in [-0.05, 0) is 47.1 Å². The van der Waals surface area contributed by atoms with Crippen molar-refractivity contribution in [2.45, 2.75) is 13.1 Å². The smallest absolute Gasteiger partial charge is 0.339 e. The molecule has 0 saturated carbocycles. The van der Waals surface area contributed by atoms with E-state index in [0.717, 1.165) is 15.7 Å². The van der Waals surface area contributed by atoms with Crippen molar-refractivity contribution in [3.63, 3.8) is 0 Å². The first-order valence-electron chi connectivity index (χ1n) is 6.87. The zero-order chi connectivity index (χ0) is 15.7. The molecule has 2 heterocycles. The molecule has 6 heteroatoms. The lowest BCUT2D eigenvalue weighted by Crippen LogP contribution is -2.32. The van der Waals surface area contributed by atoms with Gasteiger partial charge in [0.2, 0.25) is 0 Å². The summed E-state index contributed by atoms with van der Waals surface area (Å²) < 4.78 is 5.98. The van der Waals surface area contributed by atoms with Crippen molar-refractivity contribution in [3.05, 3.63) is 63.4 Å². The monoisotopic (exact) mass is 380 g/mol. The molecule has 1 N–H and O–H groups in total. The summed E-state index contributed by atoms with van der Waals surface area (Å²) in [5.74, 6) is -0.404. The molecule has 2 aliphatic heterocycles. The van der Waals surface area contributed by atoms with Crippen LogP contribution in [-0.4, -0.2) is 23.6 Å². The van der Waals surface area contributed by atoms with Crippen LogP contribution in [0, 0.1) is 0 Å². The Hall–Kier alpha value is -1.72. The lowest BCUT2D eigenvalue weighted by Gasteiger charge is -2.26. The number of fused-ring (bicyclic) bond motifs is 1. The van der Waals surface area contributed by atoms with Gasteiger partial charge in [-0.1, -0.05) is 17.7 Å². The maximum Gasteiger partial charge on any atom is 0.339 e.